The average Bonchev–Trinajstić information content (AvgIpc) is 3.10. The summed E-state index contributed by atoms with van der Waals surface area (Å²) in [5.74, 6) is -0.641. The van der Waals surface area contributed by atoms with E-state index in [1.807, 2.05) is 26.0 Å². The van der Waals surface area contributed by atoms with Gasteiger partial charge in [0.1, 0.15) is 16.3 Å². The Labute approximate surface area is 177 Å². The smallest absolute Gasteiger partial charge is 0.286 e. The van der Waals surface area contributed by atoms with Crippen LogP contribution in [0.2, 0.25) is 0 Å². The first-order chi connectivity index (χ1) is 14.1. The molecule has 0 bridgehead atoms. The first-order valence-corrected chi connectivity index (χ1v) is 11.0. The average molecular weight is 437 g/mol. The SMILES string of the molecule is CCN(CC)S(=O)(=O)c1cc(C(=O)NNC(=O)COc2ccc(C)c(C)c2)n(C)c1. The Bertz CT molecular complexity index is 1030. The molecular formula is C20H28N4O5S. The van der Waals surface area contributed by atoms with Crippen LogP contribution in [0.15, 0.2) is 35.4 Å². The number of benzene rings is 1. The number of carbonyl (C=O) groups excluding carboxylic acids is 2. The van der Waals surface area contributed by atoms with Gasteiger partial charge in [0.2, 0.25) is 10.0 Å². The minimum absolute atomic E-state index is 0.0169. The van der Waals surface area contributed by atoms with E-state index in [0.29, 0.717) is 18.8 Å². The monoisotopic (exact) mass is 436 g/mol. The number of nitrogens with zero attached hydrogens (tertiary/aromatic N) is 2. The van der Waals surface area contributed by atoms with E-state index >= 15 is 0 Å². The fourth-order valence-corrected chi connectivity index (χ4v) is 4.32. The van der Waals surface area contributed by atoms with Gasteiger partial charge in [0.15, 0.2) is 6.61 Å². The molecule has 0 atom stereocenters. The molecule has 9 nitrogen and oxygen atoms in total. The van der Waals surface area contributed by atoms with E-state index in [2.05, 4.69) is 10.9 Å². The number of hydrogen-bond acceptors (Lipinski definition) is 5. The van der Waals surface area contributed by atoms with Crippen LogP contribution in [0.4, 0.5) is 0 Å². The molecule has 0 saturated heterocycles. The van der Waals surface area contributed by atoms with Crippen molar-refractivity contribution in [1.29, 1.82) is 0 Å². The van der Waals surface area contributed by atoms with Crippen molar-refractivity contribution in [3.05, 3.63) is 47.3 Å². The molecule has 2 rings (SSSR count). The Morgan fingerprint density at radius 2 is 1.73 bits per heavy atom. The highest BCUT2D eigenvalue weighted by Gasteiger charge is 2.25. The number of hydrogen-bond donors (Lipinski definition) is 2. The zero-order chi connectivity index (χ0) is 22.5. The first-order valence-electron chi connectivity index (χ1n) is 9.55. The molecule has 164 valence electrons. The predicted molar refractivity (Wildman–Crippen MR) is 113 cm³/mol. The quantitative estimate of drug-likeness (QED) is 0.610. The van der Waals surface area contributed by atoms with Crippen molar-refractivity contribution in [2.45, 2.75) is 32.6 Å². The molecule has 0 spiro atoms. The van der Waals surface area contributed by atoms with Gasteiger partial charge in [-0.25, -0.2) is 8.42 Å². The van der Waals surface area contributed by atoms with E-state index in [4.69, 9.17) is 4.74 Å². The third-order valence-corrected chi connectivity index (χ3v) is 6.73. The summed E-state index contributed by atoms with van der Waals surface area (Å²) < 4.78 is 33.3. The van der Waals surface area contributed by atoms with Gasteiger partial charge in [-0.15, -0.1) is 0 Å². The first kappa shape index (κ1) is 23.4. The van der Waals surface area contributed by atoms with Gasteiger partial charge in [0, 0.05) is 26.3 Å². The van der Waals surface area contributed by atoms with Gasteiger partial charge in [-0.1, -0.05) is 19.9 Å². The molecule has 0 aliphatic carbocycles. The number of aromatic nitrogens is 1. The van der Waals surface area contributed by atoms with E-state index in [1.54, 1.807) is 27.0 Å². The number of rotatable bonds is 8. The Morgan fingerprint density at radius 3 is 2.33 bits per heavy atom. The Balaban J connectivity index is 1.97. The van der Waals surface area contributed by atoms with Gasteiger partial charge < -0.3 is 9.30 Å². The second-order valence-corrected chi connectivity index (χ2v) is 8.74. The van der Waals surface area contributed by atoms with Crippen LogP contribution in [0.3, 0.4) is 0 Å². The van der Waals surface area contributed by atoms with Crippen LogP contribution < -0.4 is 15.6 Å². The largest absolute Gasteiger partial charge is 0.484 e. The lowest BCUT2D eigenvalue weighted by Crippen LogP contribution is -2.44. The zero-order valence-corrected chi connectivity index (χ0v) is 18.7. The number of carbonyl (C=O) groups is 2. The van der Waals surface area contributed by atoms with Crippen molar-refractivity contribution in [2.24, 2.45) is 7.05 Å². The standard InChI is InChI=1S/C20H28N4O5S/c1-6-24(7-2)30(27,28)17-11-18(23(5)12-17)20(26)22-21-19(25)13-29-16-9-8-14(3)15(4)10-16/h8-12H,6-7,13H2,1-5H3,(H,21,25)(H,22,26). The zero-order valence-electron chi connectivity index (χ0n) is 17.9. The summed E-state index contributed by atoms with van der Waals surface area (Å²) in [5, 5.41) is 0. The molecule has 0 unspecified atom stereocenters. The van der Waals surface area contributed by atoms with Crippen LogP contribution in [0.1, 0.15) is 35.5 Å². The van der Waals surface area contributed by atoms with E-state index in [1.165, 1.54) is 21.1 Å². The highest BCUT2D eigenvalue weighted by atomic mass is 32.2. The maximum absolute atomic E-state index is 12.6. The van der Waals surface area contributed by atoms with Gasteiger partial charge in [-0.2, -0.15) is 4.31 Å². The van der Waals surface area contributed by atoms with E-state index in [-0.39, 0.29) is 17.2 Å². The summed E-state index contributed by atoms with van der Waals surface area (Å²) in [4.78, 5) is 24.4. The molecule has 0 radical (unpaired) electrons. The molecule has 0 aliphatic heterocycles. The van der Waals surface area contributed by atoms with E-state index in [9.17, 15) is 18.0 Å². The van der Waals surface area contributed by atoms with Crippen molar-refractivity contribution < 1.29 is 22.7 Å². The van der Waals surface area contributed by atoms with Gasteiger partial charge in [0.25, 0.3) is 11.8 Å². The molecule has 30 heavy (non-hydrogen) atoms. The molecule has 0 fully saturated rings. The number of aryl methyl sites for hydroxylation is 3. The van der Waals surface area contributed by atoms with Crippen molar-refractivity contribution >= 4 is 21.8 Å². The van der Waals surface area contributed by atoms with Crippen LogP contribution in [-0.2, 0) is 21.9 Å². The summed E-state index contributed by atoms with van der Waals surface area (Å²) in [6.07, 6.45) is 1.37. The highest BCUT2D eigenvalue weighted by molar-refractivity contribution is 7.89. The third kappa shape index (κ3) is 5.39. The molecule has 0 saturated carbocycles. The summed E-state index contributed by atoms with van der Waals surface area (Å²) in [5.41, 5.74) is 6.78. The number of sulfonamides is 1. The fourth-order valence-electron chi connectivity index (χ4n) is 2.79. The van der Waals surface area contributed by atoms with Gasteiger partial charge in [-0.05, 0) is 43.2 Å². The molecule has 2 N–H and O–H groups in total. The molecule has 2 amide bonds. The lowest BCUT2D eigenvalue weighted by atomic mass is 10.1. The van der Waals surface area contributed by atoms with Crippen molar-refractivity contribution in [1.82, 2.24) is 19.7 Å². The van der Waals surface area contributed by atoms with Crippen molar-refractivity contribution in [3.63, 3.8) is 0 Å². The minimum atomic E-state index is -3.69. The number of nitrogens with one attached hydrogen (secondary N) is 2. The molecule has 1 aromatic heterocycles. The Hall–Kier alpha value is -2.85. The van der Waals surface area contributed by atoms with Gasteiger partial charge in [-0.3, -0.25) is 20.4 Å². The number of ether oxygens (including phenoxy) is 1. The lowest BCUT2D eigenvalue weighted by Gasteiger charge is -2.17. The highest BCUT2D eigenvalue weighted by Crippen LogP contribution is 2.18. The number of amides is 2. The van der Waals surface area contributed by atoms with E-state index in [0.717, 1.165) is 11.1 Å². The van der Waals surface area contributed by atoms with Crippen LogP contribution in [-0.4, -0.2) is 48.8 Å². The van der Waals surface area contributed by atoms with Crippen LogP contribution in [0.5, 0.6) is 5.75 Å². The molecule has 1 aromatic carbocycles. The van der Waals surface area contributed by atoms with Crippen molar-refractivity contribution in [2.75, 3.05) is 19.7 Å². The lowest BCUT2D eigenvalue weighted by molar-refractivity contribution is -0.123. The second kappa shape index (κ2) is 9.77. The Kier molecular flexibility index (Phi) is 7.63. The third-order valence-electron chi connectivity index (χ3n) is 4.72. The molecule has 10 heteroatoms. The Morgan fingerprint density at radius 1 is 1.07 bits per heavy atom. The maximum Gasteiger partial charge on any atom is 0.286 e. The summed E-state index contributed by atoms with van der Waals surface area (Å²) >= 11 is 0. The molecule has 2 aromatic rings. The number of hydrazine groups is 1. The molecular weight excluding hydrogens is 408 g/mol. The van der Waals surface area contributed by atoms with Gasteiger partial charge in [0.05, 0.1) is 0 Å². The summed E-state index contributed by atoms with van der Waals surface area (Å²) in [7, 11) is -2.13. The summed E-state index contributed by atoms with van der Waals surface area (Å²) in [6, 6.07) is 6.75. The normalized spacial score (nSPS) is 11.4. The van der Waals surface area contributed by atoms with Crippen LogP contribution >= 0.6 is 0 Å². The fraction of sp³-hybridized carbons (Fsp3) is 0.400. The minimum Gasteiger partial charge on any atom is -0.484 e. The van der Waals surface area contributed by atoms with E-state index < -0.39 is 21.8 Å². The topological polar surface area (TPSA) is 110 Å². The molecule has 1 heterocycles. The second-order valence-electron chi connectivity index (χ2n) is 6.80. The maximum atomic E-state index is 12.6. The van der Waals surface area contributed by atoms with Crippen molar-refractivity contribution in [3.8, 4) is 5.75 Å². The predicted octanol–water partition coefficient (Wildman–Crippen LogP) is 1.51. The van der Waals surface area contributed by atoms with Crippen LogP contribution in [0.25, 0.3) is 0 Å². The van der Waals surface area contributed by atoms with Gasteiger partial charge >= 0.3 is 0 Å². The van der Waals surface area contributed by atoms with Crippen LogP contribution in [0, 0.1) is 13.8 Å². The summed E-state index contributed by atoms with van der Waals surface area (Å²) in [6.45, 7) is 7.77. The molecule has 0 aliphatic rings.